The van der Waals surface area contributed by atoms with Crippen molar-refractivity contribution < 1.29 is 38.1 Å². The van der Waals surface area contributed by atoms with Gasteiger partial charge in [0, 0.05) is 27.7 Å². The van der Waals surface area contributed by atoms with Crippen molar-refractivity contribution in [3.05, 3.63) is 35.9 Å². The maximum absolute atomic E-state index is 10.4. The van der Waals surface area contributed by atoms with Crippen molar-refractivity contribution in [2.75, 3.05) is 7.11 Å². The Balaban J connectivity index is -0.000000352. The van der Waals surface area contributed by atoms with Gasteiger partial charge in [-0.3, -0.25) is 19.2 Å². The van der Waals surface area contributed by atoms with E-state index >= 15 is 0 Å². The quantitative estimate of drug-likeness (QED) is 0.506. The Hall–Kier alpha value is -2.90. The summed E-state index contributed by atoms with van der Waals surface area (Å²) in [5, 5.41) is 0. The second-order valence-electron chi connectivity index (χ2n) is 7.33. The predicted octanol–water partition coefficient (Wildman–Crippen LogP) is 4.23. The van der Waals surface area contributed by atoms with E-state index in [0.717, 1.165) is 5.56 Å². The molecule has 0 heterocycles. The summed E-state index contributed by atoms with van der Waals surface area (Å²) in [5.74, 6) is -0.925. The van der Waals surface area contributed by atoms with Crippen molar-refractivity contribution >= 4 is 23.9 Å². The zero-order valence-electron chi connectivity index (χ0n) is 20.4. The maximum atomic E-state index is 10.4. The minimum absolute atomic E-state index is 0.0255. The normalized spacial score (nSPS) is 9.26. The van der Waals surface area contributed by atoms with Crippen LogP contribution in [-0.4, -0.2) is 42.7 Å². The number of rotatable bonds is 3. The van der Waals surface area contributed by atoms with Crippen LogP contribution in [0.5, 0.6) is 0 Å². The fraction of sp³-hybridized carbons (Fsp3) is 0.565. The topological polar surface area (TPSA) is 105 Å². The Morgan fingerprint density at radius 3 is 1.45 bits per heavy atom. The van der Waals surface area contributed by atoms with Crippen LogP contribution in [0.2, 0.25) is 0 Å². The average Bonchev–Trinajstić information content (AvgIpc) is 2.59. The zero-order valence-corrected chi connectivity index (χ0v) is 20.4. The first-order chi connectivity index (χ1) is 14.1. The Bertz CT molecular complexity index is 631. The van der Waals surface area contributed by atoms with Gasteiger partial charge < -0.3 is 18.9 Å². The number of hydrogen-bond donors (Lipinski definition) is 0. The highest BCUT2D eigenvalue weighted by atomic mass is 16.6. The molecule has 8 nitrogen and oxygen atoms in total. The molecule has 8 heteroatoms. The first-order valence-corrected chi connectivity index (χ1v) is 9.69. The highest BCUT2D eigenvalue weighted by molar-refractivity contribution is 5.66. The van der Waals surface area contributed by atoms with E-state index in [2.05, 4.69) is 9.47 Å². The van der Waals surface area contributed by atoms with E-state index in [0.29, 0.717) is 6.61 Å². The van der Waals surface area contributed by atoms with Crippen LogP contribution in [0.3, 0.4) is 0 Å². The molecule has 1 aromatic carbocycles. The van der Waals surface area contributed by atoms with Crippen LogP contribution in [0.15, 0.2) is 30.3 Å². The Morgan fingerprint density at radius 2 is 1.26 bits per heavy atom. The molecule has 0 aliphatic heterocycles. The van der Waals surface area contributed by atoms with Crippen molar-refractivity contribution in [1.82, 2.24) is 0 Å². The fourth-order valence-electron chi connectivity index (χ4n) is 1.52. The van der Waals surface area contributed by atoms with Crippen LogP contribution in [0, 0.1) is 0 Å². The second kappa shape index (κ2) is 19.1. The number of esters is 4. The van der Waals surface area contributed by atoms with Crippen LogP contribution in [0.1, 0.15) is 67.9 Å². The van der Waals surface area contributed by atoms with E-state index in [-0.39, 0.29) is 35.6 Å². The molecule has 0 aliphatic rings. The fourth-order valence-corrected chi connectivity index (χ4v) is 1.52. The molecule has 1 rings (SSSR count). The summed E-state index contributed by atoms with van der Waals surface area (Å²) in [5.41, 5.74) is 0.689. The monoisotopic (exact) mass is 442 g/mol. The summed E-state index contributed by atoms with van der Waals surface area (Å²) in [4.78, 5) is 40.3. The molecule has 0 N–H and O–H groups in total. The van der Waals surface area contributed by atoms with Crippen molar-refractivity contribution in [2.24, 2.45) is 0 Å². The smallest absolute Gasteiger partial charge is 0.303 e. The molecule has 0 saturated carbocycles. The first-order valence-electron chi connectivity index (χ1n) is 9.69. The van der Waals surface area contributed by atoms with Gasteiger partial charge in [0.05, 0.1) is 13.2 Å². The van der Waals surface area contributed by atoms with Crippen LogP contribution in [0.4, 0.5) is 0 Å². The number of ether oxygens (including phenoxy) is 4. The molecule has 31 heavy (non-hydrogen) atoms. The van der Waals surface area contributed by atoms with E-state index in [9.17, 15) is 19.2 Å². The molecule has 0 bridgehead atoms. The molecule has 0 aromatic heterocycles. The Labute approximate surface area is 186 Å². The molecule has 0 unspecified atom stereocenters. The molecule has 0 amide bonds. The summed E-state index contributed by atoms with van der Waals surface area (Å²) in [6, 6.07) is 9.60. The number of hydrogen-bond acceptors (Lipinski definition) is 8. The molecule has 0 fully saturated rings. The molecular formula is C23H38O8. The molecule has 0 radical (unpaired) electrons. The molecule has 0 atom stereocenters. The van der Waals surface area contributed by atoms with E-state index in [1.807, 2.05) is 65.0 Å². The van der Waals surface area contributed by atoms with Crippen molar-refractivity contribution in [3.8, 4) is 0 Å². The zero-order chi connectivity index (χ0) is 25.0. The third-order valence-electron chi connectivity index (χ3n) is 2.42. The van der Waals surface area contributed by atoms with E-state index in [1.165, 1.54) is 34.8 Å². The van der Waals surface area contributed by atoms with Gasteiger partial charge in [-0.1, -0.05) is 30.3 Å². The third kappa shape index (κ3) is 38.3. The number of benzene rings is 1. The third-order valence-corrected chi connectivity index (χ3v) is 2.42. The predicted molar refractivity (Wildman–Crippen MR) is 118 cm³/mol. The van der Waals surface area contributed by atoms with E-state index in [4.69, 9.17) is 9.47 Å². The summed E-state index contributed by atoms with van der Waals surface area (Å²) < 4.78 is 18.3. The summed E-state index contributed by atoms with van der Waals surface area (Å²) in [7, 11) is 1.35. The van der Waals surface area contributed by atoms with Gasteiger partial charge in [-0.2, -0.15) is 0 Å². The van der Waals surface area contributed by atoms with Crippen molar-refractivity contribution in [1.29, 1.82) is 0 Å². The number of carbonyl (C=O) groups is 4. The molecule has 178 valence electrons. The number of methoxy groups -OCH3 is 1. The standard InChI is InChI=1S/C9H10O2.C6H12O2.C5H10O2.C3H6O2/c1-8(10)11-7-9-5-3-2-4-6-9;1-5(7)8-6(2,3)4;1-4(2)7-5(3)6;1-3(4)5-2/h2-6H,7H2,1H3;1-4H3;4H,1-3H3;1-2H3. The number of carbonyl (C=O) groups excluding carboxylic acids is 4. The van der Waals surface area contributed by atoms with Gasteiger partial charge in [-0.05, 0) is 40.2 Å². The first kappa shape index (κ1) is 32.8. The lowest BCUT2D eigenvalue weighted by molar-refractivity contribution is -0.152. The lowest BCUT2D eigenvalue weighted by Gasteiger charge is -2.17. The average molecular weight is 443 g/mol. The molecule has 0 saturated heterocycles. The van der Waals surface area contributed by atoms with Crippen LogP contribution >= 0.6 is 0 Å². The van der Waals surface area contributed by atoms with Gasteiger partial charge in [-0.25, -0.2) is 0 Å². The highest BCUT2D eigenvalue weighted by Gasteiger charge is 2.11. The lowest BCUT2D eigenvalue weighted by atomic mass is 10.2. The van der Waals surface area contributed by atoms with Crippen molar-refractivity contribution in [3.63, 3.8) is 0 Å². The molecule has 1 aromatic rings. The second-order valence-corrected chi connectivity index (χ2v) is 7.33. The van der Waals surface area contributed by atoms with Crippen LogP contribution < -0.4 is 0 Å². The molecule has 0 spiro atoms. The van der Waals surface area contributed by atoms with Gasteiger partial charge in [-0.15, -0.1) is 0 Å². The highest BCUT2D eigenvalue weighted by Crippen LogP contribution is 2.05. The molecule has 0 aliphatic carbocycles. The minimum Gasteiger partial charge on any atom is -0.469 e. The van der Waals surface area contributed by atoms with Crippen LogP contribution in [0.25, 0.3) is 0 Å². The summed E-state index contributed by atoms with van der Waals surface area (Å²) in [6.45, 7) is 15.1. The van der Waals surface area contributed by atoms with Gasteiger partial charge in [0.2, 0.25) is 0 Å². The summed E-state index contributed by atoms with van der Waals surface area (Å²) >= 11 is 0. The van der Waals surface area contributed by atoms with Gasteiger partial charge in [0.1, 0.15) is 12.2 Å². The Morgan fingerprint density at radius 1 is 0.806 bits per heavy atom. The van der Waals surface area contributed by atoms with Crippen molar-refractivity contribution in [2.45, 2.75) is 80.6 Å². The lowest BCUT2D eigenvalue weighted by Crippen LogP contribution is -2.21. The van der Waals surface area contributed by atoms with E-state index in [1.54, 1.807) is 0 Å². The van der Waals surface area contributed by atoms with Crippen LogP contribution in [-0.2, 0) is 44.7 Å². The van der Waals surface area contributed by atoms with Gasteiger partial charge in [0.25, 0.3) is 0 Å². The maximum Gasteiger partial charge on any atom is 0.303 e. The molecular weight excluding hydrogens is 404 g/mol. The van der Waals surface area contributed by atoms with Gasteiger partial charge >= 0.3 is 23.9 Å². The largest absolute Gasteiger partial charge is 0.469 e. The SMILES string of the molecule is CC(=O)OC(C)(C)C.CC(=O)OC(C)C.CC(=O)OCc1ccccc1.COC(C)=O. The van der Waals surface area contributed by atoms with E-state index < -0.39 is 0 Å². The van der Waals surface area contributed by atoms with Gasteiger partial charge in [0.15, 0.2) is 0 Å². The summed E-state index contributed by atoms with van der Waals surface area (Å²) in [6.07, 6.45) is 0.0255. The Kier molecular flexibility index (Phi) is 20.2. The minimum atomic E-state index is -0.328.